The van der Waals surface area contributed by atoms with Crippen LogP contribution in [0.25, 0.3) is 0 Å². The van der Waals surface area contributed by atoms with Crippen molar-refractivity contribution in [1.29, 1.82) is 0 Å². The molecule has 0 unspecified atom stereocenters. The highest BCUT2D eigenvalue weighted by atomic mass is 32.1. The number of Topliss-reactive ketones (excluding diaryl/α,β-unsaturated/α-hetero) is 1. The second-order valence-corrected chi connectivity index (χ2v) is 8.41. The zero-order chi connectivity index (χ0) is 21.3. The van der Waals surface area contributed by atoms with E-state index in [1.807, 2.05) is 44.2 Å². The molecule has 1 saturated heterocycles. The number of hydrogen-bond donors (Lipinski definition) is 0. The average Bonchev–Trinajstić information content (AvgIpc) is 3.43. The Morgan fingerprint density at radius 1 is 1.07 bits per heavy atom. The Bertz CT molecular complexity index is 1090. The Labute approximate surface area is 179 Å². The molecule has 2 aromatic heterocycles. The summed E-state index contributed by atoms with van der Waals surface area (Å²) in [6.45, 7) is 4.39. The monoisotopic (exact) mass is 421 g/mol. The number of amides is 3. The molecule has 6 nitrogen and oxygen atoms in total. The van der Waals surface area contributed by atoms with Crippen LogP contribution >= 0.6 is 11.3 Å². The second kappa shape index (κ2) is 8.28. The van der Waals surface area contributed by atoms with Crippen LogP contribution in [0.1, 0.15) is 26.6 Å². The fourth-order valence-corrected chi connectivity index (χ4v) is 4.54. The molecule has 1 aromatic carbocycles. The van der Waals surface area contributed by atoms with Crippen molar-refractivity contribution in [3.8, 4) is 0 Å². The summed E-state index contributed by atoms with van der Waals surface area (Å²) in [4.78, 5) is 41.9. The summed E-state index contributed by atoms with van der Waals surface area (Å²) in [5.74, 6) is -0.578. The Hall–Kier alpha value is -3.19. The van der Waals surface area contributed by atoms with Crippen LogP contribution in [0.5, 0.6) is 0 Å². The molecule has 1 aliphatic heterocycles. The number of para-hydroxylation sites is 1. The Kier molecular flexibility index (Phi) is 5.55. The first-order chi connectivity index (χ1) is 14.5. The summed E-state index contributed by atoms with van der Waals surface area (Å²) >= 11 is 1.72. The predicted molar refractivity (Wildman–Crippen MR) is 117 cm³/mol. The molecule has 7 heteroatoms. The normalized spacial score (nSPS) is 14.1. The minimum Gasteiger partial charge on any atom is -0.348 e. The number of hydrogen-bond acceptors (Lipinski definition) is 4. The maximum atomic E-state index is 13.0. The number of rotatable bonds is 7. The molecular formula is C23H23N3O3S. The summed E-state index contributed by atoms with van der Waals surface area (Å²) < 4.78 is 2.12. The largest absolute Gasteiger partial charge is 0.348 e. The van der Waals surface area contributed by atoms with E-state index in [2.05, 4.69) is 16.0 Å². The lowest BCUT2D eigenvalue weighted by molar-refractivity contribution is -0.124. The lowest BCUT2D eigenvalue weighted by Crippen LogP contribution is -2.37. The van der Waals surface area contributed by atoms with Gasteiger partial charge in [0, 0.05) is 34.1 Å². The molecule has 0 radical (unpaired) electrons. The molecule has 1 aliphatic rings. The van der Waals surface area contributed by atoms with E-state index in [1.54, 1.807) is 23.5 Å². The van der Waals surface area contributed by atoms with E-state index < -0.39 is 6.03 Å². The zero-order valence-corrected chi connectivity index (χ0v) is 17.8. The Morgan fingerprint density at radius 2 is 1.83 bits per heavy atom. The third-order valence-electron chi connectivity index (χ3n) is 5.46. The number of ketones is 1. The molecule has 0 atom stereocenters. The first kappa shape index (κ1) is 20.1. The first-order valence-electron chi connectivity index (χ1n) is 9.85. The van der Waals surface area contributed by atoms with Gasteiger partial charge in [-0.1, -0.05) is 24.3 Å². The van der Waals surface area contributed by atoms with Gasteiger partial charge in [-0.15, -0.1) is 11.3 Å². The summed E-state index contributed by atoms with van der Waals surface area (Å²) in [6, 6.07) is 14.6. The molecule has 3 aromatic rings. The number of aryl methyl sites for hydroxylation is 2. The zero-order valence-electron chi connectivity index (χ0n) is 17.0. The molecule has 0 bridgehead atoms. The second-order valence-electron chi connectivity index (χ2n) is 7.37. The van der Waals surface area contributed by atoms with Crippen molar-refractivity contribution >= 4 is 34.7 Å². The van der Waals surface area contributed by atoms with Crippen LogP contribution in [-0.4, -0.2) is 40.3 Å². The third-order valence-corrected chi connectivity index (χ3v) is 6.40. The van der Waals surface area contributed by atoms with Gasteiger partial charge in [0.25, 0.3) is 5.91 Å². The summed E-state index contributed by atoms with van der Waals surface area (Å²) in [5, 5.41) is 2.06. The smallest absolute Gasteiger partial charge is 0.332 e. The van der Waals surface area contributed by atoms with Crippen LogP contribution in [-0.2, 0) is 17.8 Å². The minimum atomic E-state index is -0.453. The number of thiophene rings is 1. The van der Waals surface area contributed by atoms with Crippen molar-refractivity contribution < 1.29 is 14.4 Å². The van der Waals surface area contributed by atoms with Gasteiger partial charge in [-0.25, -0.2) is 4.79 Å². The van der Waals surface area contributed by atoms with E-state index in [9.17, 15) is 14.4 Å². The van der Waals surface area contributed by atoms with Gasteiger partial charge < -0.3 is 4.57 Å². The van der Waals surface area contributed by atoms with Crippen molar-refractivity contribution in [3.05, 3.63) is 75.7 Å². The Morgan fingerprint density at radius 3 is 2.53 bits per heavy atom. The van der Waals surface area contributed by atoms with Gasteiger partial charge in [-0.05, 0) is 49.9 Å². The lowest BCUT2D eigenvalue weighted by Gasteiger charge is -2.16. The van der Waals surface area contributed by atoms with E-state index in [-0.39, 0.29) is 24.8 Å². The molecule has 0 N–H and O–H groups in total. The number of carbonyl (C=O) groups is 3. The molecule has 1 fully saturated rings. The van der Waals surface area contributed by atoms with E-state index in [1.165, 1.54) is 9.78 Å². The molecular weight excluding hydrogens is 398 g/mol. The molecule has 3 amide bonds. The van der Waals surface area contributed by atoms with Gasteiger partial charge in [-0.2, -0.15) is 0 Å². The van der Waals surface area contributed by atoms with Crippen molar-refractivity contribution in [2.45, 2.75) is 26.8 Å². The maximum absolute atomic E-state index is 13.0. The predicted octanol–water partition coefficient (Wildman–Crippen LogP) is 4.06. The lowest BCUT2D eigenvalue weighted by atomic mass is 10.1. The van der Waals surface area contributed by atoms with Crippen LogP contribution in [0.2, 0.25) is 0 Å². The minimum absolute atomic E-state index is 0.0457. The number of nitrogens with zero attached hydrogens (tertiary/aromatic N) is 3. The van der Waals surface area contributed by atoms with Crippen LogP contribution < -0.4 is 4.90 Å². The van der Waals surface area contributed by atoms with Crippen LogP contribution in [0.4, 0.5) is 10.5 Å². The van der Waals surface area contributed by atoms with E-state index in [0.717, 1.165) is 29.3 Å². The highest BCUT2D eigenvalue weighted by molar-refractivity contribution is 7.09. The van der Waals surface area contributed by atoms with Crippen molar-refractivity contribution in [1.82, 2.24) is 9.47 Å². The topological polar surface area (TPSA) is 62.6 Å². The number of urea groups is 1. The van der Waals surface area contributed by atoms with Crippen molar-refractivity contribution in [2.75, 3.05) is 18.0 Å². The highest BCUT2D eigenvalue weighted by Crippen LogP contribution is 2.22. The molecule has 0 saturated carbocycles. The number of benzene rings is 1. The highest BCUT2D eigenvalue weighted by Gasteiger charge is 2.38. The third kappa shape index (κ3) is 3.80. The number of anilines is 1. The summed E-state index contributed by atoms with van der Waals surface area (Å²) in [7, 11) is 0. The van der Waals surface area contributed by atoms with Crippen molar-refractivity contribution in [3.63, 3.8) is 0 Å². The first-order valence-corrected chi connectivity index (χ1v) is 10.7. The molecule has 154 valence electrons. The molecule has 4 rings (SSSR count). The number of imide groups is 1. The summed E-state index contributed by atoms with van der Waals surface area (Å²) in [5.41, 5.74) is 3.08. The fraction of sp³-hybridized carbons (Fsp3) is 0.261. The summed E-state index contributed by atoms with van der Waals surface area (Å²) in [6.07, 6.45) is 0.900. The quantitative estimate of drug-likeness (QED) is 0.427. The van der Waals surface area contributed by atoms with Gasteiger partial charge in [-0.3, -0.25) is 19.4 Å². The van der Waals surface area contributed by atoms with Crippen LogP contribution in [0.3, 0.4) is 0 Å². The van der Waals surface area contributed by atoms with E-state index >= 15 is 0 Å². The molecule has 0 spiro atoms. The van der Waals surface area contributed by atoms with Gasteiger partial charge in [0.1, 0.15) is 6.54 Å². The fourth-order valence-electron chi connectivity index (χ4n) is 3.84. The van der Waals surface area contributed by atoms with Gasteiger partial charge >= 0.3 is 6.03 Å². The number of carbonyl (C=O) groups excluding carboxylic acids is 3. The standard InChI is InChI=1S/C23H23N3O3S/c1-16-13-20(17(2)24(16)11-10-19-9-6-12-30-19)21(27)14-26-22(28)15-25(23(26)29)18-7-4-3-5-8-18/h3-9,12-13H,10-11,14-15H2,1-2H3. The molecule has 0 aliphatic carbocycles. The maximum Gasteiger partial charge on any atom is 0.332 e. The van der Waals surface area contributed by atoms with Crippen molar-refractivity contribution in [2.24, 2.45) is 0 Å². The van der Waals surface area contributed by atoms with Gasteiger partial charge in [0.2, 0.25) is 0 Å². The number of aromatic nitrogens is 1. The Balaban J connectivity index is 1.48. The van der Waals surface area contributed by atoms with E-state index in [4.69, 9.17) is 0 Å². The SMILES string of the molecule is Cc1cc(C(=O)CN2C(=O)CN(c3ccccc3)C2=O)c(C)n1CCc1cccs1. The van der Waals surface area contributed by atoms with Gasteiger partial charge in [0.05, 0.1) is 6.54 Å². The molecule has 30 heavy (non-hydrogen) atoms. The van der Waals surface area contributed by atoms with Crippen LogP contribution in [0.15, 0.2) is 53.9 Å². The average molecular weight is 422 g/mol. The van der Waals surface area contributed by atoms with Crippen LogP contribution in [0, 0.1) is 13.8 Å². The van der Waals surface area contributed by atoms with E-state index in [0.29, 0.717) is 11.3 Å². The van der Waals surface area contributed by atoms with Gasteiger partial charge in [0.15, 0.2) is 5.78 Å². The molecule has 3 heterocycles.